The maximum atomic E-state index is 10.9. The largest absolute Gasteiger partial charge is 0.385 e. The van der Waals surface area contributed by atoms with Gasteiger partial charge in [0.1, 0.15) is 6.10 Å². The minimum atomic E-state index is -0.637. The number of likely N-dealkylation sites (N-methyl/N-ethyl adjacent to an activating group) is 1. The molecule has 0 aliphatic heterocycles. The Morgan fingerprint density at radius 1 is 1.32 bits per heavy atom. The SMILES string of the molecule is CCN(CC)C(CC)(CC)C(O)c1c(Cl)cnn1C. The zero-order chi connectivity index (χ0) is 14.6. The quantitative estimate of drug-likeness (QED) is 0.838. The molecule has 0 aromatic carbocycles. The first-order chi connectivity index (χ1) is 8.98. The van der Waals surface area contributed by atoms with E-state index in [-0.39, 0.29) is 5.54 Å². The Morgan fingerprint density at radius 2 is 1.84 bits per heavy atom. The molecule has 0 aliphatic rings. The first-order valence-electron chi connectivity index (χ1n) is 7.08. The van der Waals surface area contributed by atoms with Crippen LogP contribution in [0.5, 0.6) is 0 Å². The summed E-state index contributed by atoms with van der Waals surface area (Å²) in [6, 6.07) is 0. The molecule has 1 aromatic heterocycles. The van der Waals surface area contributed by atoms with Crippen LogP contribution in [-0.2, 0) is 7.05 Å². The fourth-order valence-electron chi connectivity index (χ4n) is 3.09. The first-order valence-corrected chi connectivity index (χ1v) is 7.46. The summed E-state index contributed by atoms with van der Waals surface area (Å²) in [6.45, 7) is 10.3. The molecule has 1 rings (SSSR count). The summed E-state index contributed by atoms with van der Waals surface area (Å²) in [5.41, 5.74) is 0.415. The van der Waals surface area contributed by atoms with Gasteiger partial charge in [-0.25, -0.2) is 0 Å². The highest BCUT2D eigenvalue weighted by Gasteiger charge is 2.42. The van der Waals surface area contributed by atoms with Crippen molar-refractivity contribution < 1.29 is 5.11 Å². The van der Waals surface area contributed by atoms with Gasteiger partial charge in [0.2, 0.25) is 0 Å². The average Bonchev–Trinajstić information content (AvgIpc) is 2.75. The Kier molecular flexibility index (Phi) is 5.83. The monoisotopic (exact) mass is 287 g/mol. The van der Waals surface area contributed by atoms with Crippen LogP contribution in [0.15, 0.2) is 6.20 Å². The number of rotatable bonds is 7. The molecular formula is C14H26ClN3O. The third-order valence-electron chi connectivity index (χ3n) is 4.32. The molecule has 1 unspecified atom stereocenters. The van der Waals surface area contributed by atoms with E-state index < -0.39 is 6.10 Å². The summed E-state index contributed by atoms with van der Waals surface area (Å²) in [6.07, 6.45) is 2.70. The second-order valence-electron chi connectivity index (χ2n) is 4.89. The smallest absolute Gasteiger partial charge is 0.115 e. The van der Waals surface area contributed by atoms with Gasteiger partial charge in [-0.15, -0.1) is 0 Å². The maximum Gasteiger partial charge on any atom is 0.115 e. The molecular weight excluding hydrogens is 262 g/mol. The number of hydrogen-bond donors (Lipinski definition) is 1. The van der Waals surface area contributed by atoms with Crippen LogP contribution in [0.3, 0.4) is 0 Å². The number of hydrogen-bond acceptors (Lipinski definition) is 3. The highest BCUT2D eigenvalue weighted by molar-refractivity contribution is 6.31. The fraction of sp³-hybridized carbons (Fsp3) is 0.786. The van der Waals surface area contributed by atoms with E-state index >= 15 is 0 Å². The van der Waals surface area contributed by atoms with Crippen LogP contribution in [0, 0.1) is 0 Å². The highest BCUT2D eigenvalue weighted by Crippen LogP contribution is 2.39. The third-order valence-corrected chi connectivity index (χ3v) is 4.61. The molecule has 0 fully saturated rings. The van der Waals surface area contributed by atoms with Crippen LogP contribution in [0.4, 0.5) is 0 Å². The lowest BCUT2D eigenvalue weighted by molar-refractivity contribution is -0.0403. The number of nitrogens with zero attached hydrogens (tertiary/aromatic N) is 3. The van der Waals surface area contributed by atoms with E-state index in [0.29, 0.717) is 10.7 Å². The molecule has 0 amide bonds. The number of aromatic nitrogens is 2. The van der Waals surface area contributed by atoms with Crippen LogP contribution in [0.25, 0.3) is 0 Å². The van der Waals surface area contributed by atoms with E-state index in [1.807, 2.05) is 7.05 Å². The molecule has 19 heavy (non-hydrogen) atoms. The van der Waals surface area contributed by atoms with Crippen LogP contribution in [0.2, 0.25) is 5.02 Å². The lowest BCUT2D eigenvalue weighted by atomic mass is 9.82. The first kappa shape index (κ1) is 16.5. The molecule has 110 valence electrons. The van der Waals surface area contributed by atoms with Crippen molar-refractivity contribution in [2.75, 3.05) is 13.1 Å². The molecule has 5 heteroatoms. The average molecular weight is 288 g/mol. The van der Waals surface area contributed by atoms with Crippen molar-refractivity contribution in [1.29, 1.82) is 0 Å². The lowest BCUT2D eigenvalue weighted by Gasteiger charge is -2.45. The second-order valence-corrected chi connectivity index (χ2v) is 5.29. The number of halogens is 1. The minimum Gasteiger partial charge on any atom is -0.385 e. The molecule has 0 aliphatic carbocycles. The van der Waals surface area contributed by atoms with E-state index in [1.165, 1.54) is 0 Å². The van der Waals surface area contributed by atoms with Gasteiger partial charge in [-0.3, -0.25) is 9.58 Å². The van der Waals surface area contributed by atoms with Crippen molar-refractivity contribution in [1.82, 2.24) is 14.7 Å². The number of aryl methyl sites for hydroxylation is 1. The Bertz CT molecular complexity index is 378. The van der Waals surface area contributed by atoms with Crippen LogP contribution < -0.4 is 0 Å². The summed E-state index contributed by atoms with van der Waals surface area (Å²) in [4.78, 5) is 2.32. The van der Waals surface area contributed by atoms with Crippen molar-refractivity contribution in [2.45, 2.75) is 52.2 Å². The minimum absolute atomic E-state index is 0.291. The Hall–Kier alpha value is -0.580. The Balaban J connectivity index is 3.26. The van der Waals surface area contributed by atoms with Gasteiger partial charge in [0.15, 0.2) is 0 Å². The topological polar surface area (TPSA) is 41.3 Å². The van der Waals surface area contributed by atoms with Crippen molar-refractivity contribution in [2.24, 2.45) is 7.05 Å². The molecule has 0 saturated carbocycles. The molecule has 0 bridgehead atoms. The zero-order valence-corrected chi connectivity index (χ0v) is 13.4. The van der Waals surface area contributed by atoms with E-state index in [0.717, 1.165) is 25.9 Å². The van der Waals surface area contributed by atoms with Crippen LogP contribution in [-0.4, -0.2) is 38.4 Å². The fourth-order valence-corrected chi connectivity index (χ4v) is 3.36. The van der Waals surface area contributed by atoms with E-state index in [1.54, 1.807) is 10.9 Å². The molecule has 0 saturated heterocycles. The van der Waals surface area contributed by atoms with Gasteiger partial charge in [-0.2, -0.15) is 5.10 Å². The van der Waals surface area contributed by atoms with Crippen LogP contribution >= 0.6 is 11.6 Å². The summed E-state index contributed by atoms with van der Waals surface area (Å²) >= 11 is 6.19. The van der Waals surface area contributed by atoms with Crippen molar-refractivity contribution in [3.63, 3.8) is 0 Å². The number of aliphatic hydroxyl groups excluding tert-OH is 1. The van der Waals surface area contributed by atoms with Gasteiger partial charge in [-0.1, -0.05) is 39.3 Å². The van der Waals surface area contributed by atoms with Gasteiger partial charge < -0.3 is 5.11 Å². The Morgan fingerprint density at radius 3 is 2.16 bits per heavy atom. The number of aliphatic hydroxyl groups is 1. The molecule has 1 aromatic rings. The molecule has 1 N–H and O–H groups in total. The normalized spacial score (nSPS) is 14.1. The lowest BCUT2D eigenvalue weighted by Crippen LogP contribution is -2.52. The van der Waals surface area contributed by atoms with Crippen LogP contribution in [0.1, 0.15) is 52.3 Å². The van der Waals surface area contributed by atoms with Gasteiger partial charge in [-0.05, 0) is 25.9 Å². The maximum absolute atomic E-state index is 10.9. The van der Waals surface area contributed by atoms with Gasteiger partial charge in [0.05, 0.1) is 22.5 Å². The standard InChI is InChI=1S/C14H26ClN3O/c1-6-14(7-2,18(8-3)9-4)13(19)12-11(15)10-16-17(12)5/h10,13,19H,6-9H2,1-5H3. The molecule has 0 radical (unpaired) electrons. The van der Waals surface area contributed by atoms with E-state index in [4.69, 9.17) is 11.6 Å². The van der Waals surface area contributed by atoms with E-state index in [2.05, 4.69) is 37.7 Å². The predicted octanol–water partition coefficient (Wildman–Crippen LogP) is 3.01. The summed E-state index contributed by atoms with van der Waals surface area (Å²) < 4.78 is 1.68. The van der Waals surface area contributed by atoms with Gasteiger partial charge in [0.25, 0.3) is 0 Å². The second kappa shape index (κ2) is 6.73. The molecule has 4 nitrogen and oxygen atoms in total. The zero-order valence-electron chi connectivity index (χ0n) is 12.6. The third kappa shape index (κ3) is 2.81. The molecule has 1 atom stereocenters. The molecule has 0 spiro atoms. The predicted molar refractivity (Wildman–Crippen MR) is 79.4 cm³/mol. The molecule has 1 heterocycles. The Labute approximate surface area is 121 Å². The highest BCUT2D eigenvalue weighted by atomic mass is 35.5. The summed E-state index contributed by atoms with van der Waals surface area (Å²) in [5.74, 6) is 0. The van der Waals surface area contributed by atoms with Crippen molar-refractivity contribution >= 4 is 11.6 Å². The van der Waals surface area contributed by atoms with E-state index in [9.17, 15) is 5.11 Å². The van der Waals surface area contributed by atoms with Crippen molar-refractivity contribution in [3.05, 3.63) is 16.9 Å². The van der Waals surface area contributed by atoms with Gasteiger partial charge >= 0.3 is 0 Å². The summed E-state index contributed by atoms with van der Waals surface area (Å²) in [7, 11) is 1.82. The van der Waals surface area contributed by atoms with Gasteiger partial charge in [0, 0.05) is 7.05 Å². The summed E-state index contributed by atoms with van der Waals surface area (Å²) in [5, 5.41) is 15.6. The van der Waals surface area contributed by atoms with Crippen molar-refractivity contribution in [3.8, 4) is 0 Å².